The van der Waals surface area contributed by atoms with E-state index in [1.54, 1.807) is 13.1 Å². The molecule has 0 aromatic carbocycles. The molecular formula is C11H17N3O2. The lowest BCUT2D eigenvalue weighted by Crippen LogP contribution is -2.37. The molecule has 5 heteroatoms. The van der Waals surface area contributed by atoms with E-state index in [2.05, 4.69) is 15.5 Å². The van der Waals surface area contributed by atoms with Gasteiger partial charge in [-0.3, -0.25) is 10.1 Å². The summed E-state index contributed by atoms with van der Waals surface area (Å²) in [6.45, 7) is 4.66. The highest BCUT2D eigenvalue weighted by molar-refractivity contribution is 5.75. The van der Waals surface area contributed by atoms with Gasteiger partial charge in [0.05, 0.1) is 12.3 Å². The Balaban J connectivity index is 2.43. The van der Waals surface area contributed by atoms with E-state index in [-0.39, 0.29) is 12.0 Å². The smallest absolute Gasteiger partial charge is 0.323 e. The molecule has 1 atom stereocenters. The molecule has 0 fully saturated rings. The van der Waals surface area contributed by atoms with Gasteiger partial charge in [0, 0.05) is 12.7 Å². The van der Waals surface area contributed by atoms with Crippen molar-refractivity contribution in [1.82, 2.24) is 15.5 Å². The lowest BCUT2D eigenvalue weighted by atomic mass is 10.2. The predicted octanol–water partition coefficient (Wildman–Crippen LogP) is 0.908. The Bertz CT molecular complexity index is 316. The maximum Gasteiger partial charge on any atom is 0.323 e. The predicted molar refractivity (Wildman–Crippen MR) is 59.6 cm³/mol. The summed E-state index contributed by atoms with van der Waals surface area (Å²) in [5, 5.41) is 10.8. The Hall–Kier alpha value is -1.49. The monoisotopic (exact) mass is 223 g/mol. The van der Waals surface area contributed by atoms with Crippen molar-refractivity contribution >= 4 is 5.97 Å². The lowest BCUT2D eigenvalue weighted by Gasteiger charge is -2.14. The SMILES string of the molecule is CCOC(=O)C(CC)NCc1cccnn1. The molecule has 0 aliphatic heterocycles. The third kappa shape index (κ3) is 3.94. The van der Waals surface area contributed by atoms with E-state index in [0.29, 0.717) is 19.6 Å². The van der Waals surface area contributed by atoms with Crippen molar-refractivity contribution in [2.45, 2.75) is 32.9 Å². The number of aromatic nitrogens is 2. The zero-order valence-electron chi connectivity index (χ0n) is 9.64. The molecule has 0 bridgehead atoms. The van der Waals surface area contributed by atoms with Gasteiger partial charge in [-0.05, 0) is 25.5 Å². The number of carbonyl (C=O) groups is 1. The van der Waals surface area contributed by atoms with E-state index in [0.717, 1.165) is 5.69 Å². The summed E-state index contributed by atoms with van der Waals surface area (Å²) in [4.78, 5) is 11.5. The van der Waals surface area contributed by atoms with Crippen molar-refractivity contribution in [1.29, 1.82) is 0 Å². The molecule has 0 radical (unpaired) electrons. The van der Waals surface area contributed by atoms with Crippen LogP contribution in [0.1, 0.15) is 26.0 Å². The van der Waals surface area contributed by atoms with Gasteiger partial charge in [-0.25, -0.2) is 0 Å². The number of esters is 1. The summed E-state index contributed by atoms with van der Waals surface area (Å²) in [5.74, 6) is -0.214. The van der Waals surface area contributed by atoms with Gasteiger partial charge in [0.15, 0.2) is 0 Å². The molecule has 0 aliphatic rings. The van der Waals surface area contributed by atoms with Gasteiger partial charge in [0.25, 0.3) is 0 Å². The van der Waals surface area contributed by atoms with E-state index in [4.69, 9.17) is 4.74 Å². The van der Waals surface area contributed by atoms with E-state index < -0.39 is 0 Å². The summed E-state index contributed by atoms with van der Waals surface area (Å²) in [7, 11) is 0. The van der Waals surface area contributed by atoms with Crippen LogP contribution < -0.4 is 5.32 Å². The van der Waals surface area contributed by atoms with Crippen LogP contribution in [0.25, 0.3) is 0 Å². The maximum atomic E-state index is 11.5. The minimum Gasteiger partial charge on any atom is -0.465 e. The summed E-state index contributed by atoms with van der Waals surface area (Å²) >= 11 is 0. The minimum atomic E-state index is -0.276. The number of ether oxygens (including phenoxy) is 1. The van der Waals surface area contributed by atoms with Gasteiger partial charge < -0.3 is 4.74 Å². The average molecular weight is 223 g/mol. The first-order valence-electron chi connectivity index (χ1n) is 5.44. The van der Waals surface area contributed by atoms with E-state index in [1.165, 1.54) is 0 Å². The van der Waals surface area contributed by atoms with Crippen molar-refractivity contribution in [3.05, 3.63) is 24.0 Å². The third-order valence-electron chi connectivity index (χ3n) is 2.14. The van der Waals surface area contributed by atoms with E-state index in [1.807, 2.05) is 19.1 Å². The molecule has 0 amide bonds. The van der Waals surface area contributed by atoms with Crippen LogP contribution in [0.4, 0.5) is 0 Å². The van der Waals surface area contributed by atoms with Gasteiger partial charge in [-0.15, -0.1) is 0 Å². The fourth-order valence-corrected chi connectivity index (χ4v) is 1.29. The number of nitrogens with zero attached hydrogens (tertiary/aromatic N) is 2. The van der Waals surface area contributed by atoms with Crippen molar-refractivity contribution in [3.8, 4) is 0 Å². The summed E-state index contributed by atoms with van der Waals surface area (Å²) < 4.78 is 4.95. The molecule has 1 rings (SSSR count). The van der Waals surface area contributed by atoms with Crippen LogP contribution >= 0.6 is 0 Å². The zero-order valence-corrected chi connectivity index (χ0v) is 9.64. The van der Waals surface area contributed by atoms with Crippen LogP contribution in [-0.4, -0.2) is 28.8 Å². The topological polar surface area (TPSA) is 64.1 Å². The minimum absolute atomic E-state index is 0.214. The Morgan fingerprint density at radius 2 is 2.38 bits per heavy atom. The zero-order chi connectivity index (χ0) is 11.8. The second-order valence-electron chi connectivity index (χ2n) is 3.31. The molecule has 0 aliphatic carbocycles. The van der Waals surface area contributed by atoms with Crippen LogP contribution in [0.15, 0.2) is 18.3 Å². The van der Waals surface area contributed by atoms with E-state index >= 15 is 0 Å². The van der Waals surface area contributed by atoms with Gasteiger partial charge in [-0.1, -0.05) is 6.92 Å². The number of rotatable bonds is 6. The molecule has 0 saturated carbocycles. The van der Waals surface area contributed by atoms with Crippen LogP contribution in [0.2, 0.25) is 0 Å². The largest absolute Gasteiger partial charge is 0.465 e. The number of hydrogen-bond acceptors (Lipinski definition) is 5. The lowest BCUT2D eigenvalue weighted by molar-refractivity contribution is -0.145. The van der Waals surface area contributed by atoms with Crippen LogP contribution in [0.5, 0.6) is 0 Å². The summed E-state index contributed by atoms with van der Waals surface area (Å²) in [5.41, 5.74) is 0.810. The standard InChI is InChI=1S/C11H17N3O2/c1-3-10(11(15)16-4-2)12-8-9-6-5-7-13-14-9/h5-7,10,12H,3-4,8H2,1-2H3. The van der Waals surface area contributed by atoms with Gasteiger partial charge in [-0.2, -0.15) is 10.2 Å². The Labute approximate surface area is 95.2 Å². The number of nitrogens with one attached hydrogen (secondary N) is 1. The first kappa shape index (κ1) is 12.6. The molecule has 88 valence electrons. The first-order chi connectivity index (χ1) is 7.77. The van der Waals surface area contributed by atoms with E-state index in [9.17, 15) is 4.79 Å². The molecule has 0 saturated heterocycles. The highest BCUT2D eigenvalue weighted by atomic mass is 16.5. The molecule has 1 heterocycles. The van der Waals surface area contributed by atoms with Crippen molar-refractivity contribution in [2.75, 3.05) is 6.61 Å². The van der Waals surface area contributed by atoms with Crippen molar-refractivity contribution in [3.63, 3.8) is 0 Å². The van der Waals surface area contributed by atoms with Crippen molar-refractivity contribution in [2.24, 2.45) is 0 Å². The second kappa shape index (κ2) is 6.90. The van der Waals surface area contributed by atoms with Crippen LogP contribution in [-0.2, 0) is 16.1 Å². The average Bonchev–Trinajstić information content (AvgIpc) is 2.31. The quantitative estimate of drug-likeness (QED) is 0.726. The molecule has 16 heavy (non-hydrogen) atoms. The molecule has 1 aromatic rings. The highest BCUT2D eigenvalue weighted by Gasteiger charge is 2.16. The maximum absolute atomic E-state index is 11.5. The van der Waals surface area contributed by atoms with Gasteiger partial charge in [0.2, 0.25) is 0 Å². The third-order valence-corrected chi connectivity index (χ3v) is 2.14. The Morgan fingerprint density at radius 3 is 2.94 bits per heavy atom. The van der Waals surface area contributed by atoms with Crippen LogP contribution in [0, 0.1) is 0 Å². The summed E-state index contributed by atoms with van der Waals surface area (Å²) in [6.07, 6.45) is 2.31. The molecule has 1 unspecified atom stereocenters. The molecule has 1 N–H and O–H groups in total. The van der Waals surface area contributed by atoms with Gasteiger partial charge >= 0.3 is 5.97 Å². The molecule has 0 spiro atoms. The Morgan fingerprint density at radius 1 is 1.56 bits per heavy atom. The highest BCUT2D eigenvalue weighted by Crippen LogP contribution is 1.98. The Kier molecular flexibility index (Phi) is 5.42. The van der Waals surface area contributed by atoms with Gasteiger partial charge in [0.1, 0.15) is 6.04 Å². The first-order valence-corrected chi connectivity index (χ1v) is 5.44. The number of hydrogen-bond donors (Lipinski definition) is 1. The fourth-order valence-electron chi connectivity index (χ4n) is 1.29. The summed E-state index contributed by atoms with van der Waals surface area (Å²) in [6, 6.07) is 3.40. The fraction of sp³-hybridized carbons (Fsp3) is 0.545. The second-order valence-corrected chi connectivity index (χ2v) is 3.31. The molecular weight excluding hydrogens is 206 g/mol. The van der Waals surface area contributed by atoms with Crippen LogP contribution in [0.3, 0.4) is 0 Å². The van der Waals surface area contributed by atoms with Crippen molar-refractivity contribution < 1.29 is 9.53 Å². The number of carbonyl (C=O) groups excluding carboxylic acids is 1. The normalized spacial score (nSPS) is 12.1. The molecule has 1 aromatic heterocycles. The molecule has 5 nitrogen and oxygen atoms in total.